The SMILES string of the molecule is COc1cc(N2C=C3CCCC=C3CC2)cc(OC)c1NC(=O)CC(C)(C)C. The molecule has 1 aliphatic heterocycles. The number of allylic oxidation sites excluding steroid dienone is 2. The van der Waals surface area contributed by atoms with E-state index < -0.39 is 0 Å². The number of fused-ring (bicyclic) bond motifs is 1. The lowest BCUT2D eigenvalue weighted by Gasteiger charge is -2.31. The molecule has 0 aromatic heterocycles. The zero-order chi connectivity index (χ0) is 20.3. The van der Waals surface area contributed by atoms with Crippen LogP contribution in [0, 0.1) is 5.41 Å². The molecule has 1 aliphatic carbocycles. The highest BCUT2D eigenvalue weighted by atomic mass is 16.5. The Morgan fingerprint density at radius 1 is 1.11 bits per heavy atom. The topological polar surface area (TPSA) is 50.8 Å². The average Bonchev–Trinajstić information content (AvgIpc) is 2.66. The molecule has 1 heterocycles. The van der Waals surface area contributed by atoms with E-state index in [0.29, 0.717) is 23.6 Å². The fourth-order valence-electron chi connectivity index (χ4n) is 3.82. The first-order valence-electron chi connectivity index (χ1n) is 10.0. The molecule has 0 saturated heterocycles. The van der Waals surface area contributed by atoms with Crippen LogP contribution in [0.2, 0.25) is 0 Å². The van der Waals surface area contributed by atoms with Crippen LogP contribution in [0.15, 0.2) is 35.6 Å². The maximum atomic E-state index is 12.5. The molecule has 1 aromatic rings. The Morgan fingerprint density at radius 3 is 2.39 bits per heavy atom. The summed E-state index contributed by atoms with van der Waals surface area (Å²) < 4.78 is 11.2. The van der Waals surface area contributed by atoms with Crippen LogP contribution in [0.3, 0.4) is 0 Å². The van der Waals surface area contributed by atoms with Gasteiger partial charge in [-0.2, -0.15) is 0 Å². The van der Waals surface area contributed by atoms with Gasteiger partial charge in [-0.15, -0.1) is 0 Å². The Balaban J connectivity index is 1.90. The molecule has 1 N–H and O–H groups in total. The minimum absolute atomic E-state index is 0.0473. The highest BCUT2D eigenvalue weighted by Crippen LogP contribution is 2.41. The lowest BCUT2D eigenvalue weighted by molar-refractivity contribution is -0.117. The van der Waals surface area contributed by atoms with Crippen LogP contribution in [0.4, 0.5) is 11.4 Å². The molecule has 0 saturated carbocycles. The number of hydrogen-bond donors (Lipinski definition) is 1. The number of ether oxygens (including phenoxy) is 2. The van der Waals surface area contributed by atoms with Crippen molar-refractivity contribution in [2.24, 2.45) is 5.41 Å². The molecular weight excluding hydrogens is 352 g/mol. The Morgan fingerprint density at radius 2 is 1.79 bits per heavy atom. The molecule has 0 bridgehead atoms. The standard InChI is InChI=1S/C23H32N2O3/c1-23(2,3)14-21(26)24-22-19(27-4)12-18(13-20(22)28-5)25-11-10-16-8-6-7-9-17(16)15-25/h8,12-13,15H,6-7,9-11,14H2,1-5H3,(H,24,26). The Kier molecular flexibility index (Phi) is 6.01. The predicted molar refractivity (Wildman–Crippen MR) is 114 cm³/mol. The van der Waals surface area contributed by atoms with Crippen LogP contribution >= 0.6 is 0 Å². The van der Waals surface area contributed by atoms with E-state index >= 15 is 0 Å². The number of nitrogens with zero attached hydrogens (tertiary/aromatic N) is 1. The summed E-state index contributed by atoms with van der Waals surface area (Å²) in [5.74, 6) is 1.17. The number of carbonyl (C=O) groups excluding carboxylic acids is 1. The number of nitrogens with one attached hydrogen (secondary N) is 1. The predicted octanol–water partition coefficient (Wildman–Crippen LogP) is 5.28. The summed E-state index contributed by atoms with van der Waals surface area (Å²) in [6.07, 6.45) is 9.65. The van der Waals surface area contributed by atoms with Crippen molar-refractivity contribution < 1.29 is 14.3 Å². The molecule has 3 rings (SSSR count). The smallest absolute Gasteiger partial charge is 0.225 e. The van der Waals surface area contributed by atoms with Gasteiger partial charge in [-0.05, 0) is 42.2 Å². The number of benzene rings is 1. The summed E-state index contributed by atoms with van der Waals surface area (Å²) in [6, 6.07) is 3.95. The molecule has 1 aromatic carbocycles. The fourth-order valence-corrected chi connectivity index (χ4v) is 3.82. The van der Waals surface area contributed by atoms with Gasteiger partial charge in [0.2, 0.25) is 5.91 Å². The van der Waals surface area contributed by atoms with Crippen molar-refractivity contribution in [2.75, 3.05) is 31.0 Å². The van der Waals surface area contributed by atoms with Crippen molar-refractivity contribution in [3.8, 4) is 11.5 Å². The molecule has 1 amide bonds. The van der Waals surface area contributed by atoms with Crippen molar-refractivity contribution >= 4 is 17.3 Å². The van der Waals surface area contributed by atoms with Crippen molar-refractivity contribution in [1.29, 1.82) is 0 Å². The summed E-state index contributed by atoms with van der Waals surface area (Å²) in [7, 11) is 3.24. The Bertz CT molecular complexity index is 778. The number of hydrogen-bond acceptors (Lipinski definition) is 4. The first-order chi connectivity index (χ1) is 13.3. The third kappa shape index (κ3) is 4.70. The molecular formula is C23H32N2O3. The molecule has 0 atom stereocenters. The first kappa shape index (κ1) is 20.3. The highest BCUT2D eigenvalue weighted by Gasteiger charge is 2.23. The normalized spacial score (nSPS) is 16.7. The zero-order valence-electron chi connectivity index (χ0n) is 17.7. The second kappa shape index (κ2) is 8.29. The van der Waals surface area contributed by atoms with Crippen LogP contribution in [0.1, 0.15) is 52.9 Å². The van der Waals surface area contributed by atoms with E-state index in [9.17, 15) is 4.79 Å². The fraction of sp³-hybridized carbons (Fsp3) is 0.522. The van der Waals surface area contributed by atoms with Gasteiger partial charge in [-0.1, -0.05) is 26.8 Å². The molecule has 5 nitrogen and oxygen atoms in total. The van der Waals surface area contributed by atoms with Crippen molar-refractivity contribution in [3.63, 3.8) is 0 Å². The van der Waals surface area contributed by atoms with Crippen LogP contribution in [0.25, 0.3) is 0 Å². The second-order valence-electron chi connectivity index (χ2n) is 8.73. The van der Waals surface area contributed by atoms with E-state index in [1.165, 1.54) is 24.0 Å². The lowest BCUT2D eigenvalue weighted by Crippen LogP contribution is -2.25. The van der Waals surface area contributed by atoms with Gasteiger partial charge in [-0.25, -0.2) is 0 Å². The molecule has 0 unspecified atom stereocenters. The Hall–Kier alpha value is -2.43. The minimum atomic E-state index is -0.0876. The summed E-state index contributed by atoms with van der Waals surface area (Å²) in [6.45, 7) is 7.06. The first-order valence-corrected chi connectivity index (χ1v) is 10.0. The van der Waals surface area contributed by atoms with Gasteiger partial charge in [-0.3, -0.25) is 4.79 Å². The number of rotatable bonds is 5. The van der Waals surface area contributed by atoms with Gasteiger partial charge >= 0.3 is 0 Å². The molecule has 0 radical (unpaired) electrons. The van der Waals surface area contributed by atoms with Gasteiger partial charge in [0.25, 0.3) is 0 Å². The van der Waals surface area contributed by atoms with E-state index in [2.05, 4.69) is 22.5 Å². The highest BCUT2D eigenvalue weighted by molar-refractivity contribution is 5.95. The monoisotopic (exact) mass is 384 g/mol. The Labute approximate surface area is 168 Å². The third-order valence-electron chi connectivity index (χ3n) is 5.16. The van der Waals surface area contributed by atoms with E-state index in [1.54, 1.807) is 14.2 Å². The molecule has 5 heteroatoms. The van der Waals surface area contributed by atoms with Crippen LogP contribution < -0.4 is 19.7 Å². The molecule has 0 spiro atoms. The average molecular weight is 385 g/mol. The summed E-state index contributed by atoms with van der Waals surface area (Å²) in [5, 5.41) is 2.98. The number of anilines is 2. The van der Waals surface area contributed by atoms with E-state index in [-0.39, 0.29) is 11.3 Å². The summed E-state index contributed by atoms with van der Waals surface area (Å²) >= 11 is 0. The third-order valence-corrected chi connectivity index (χ3v) is 5.16. The molecule has 152 valence electrons. The lowest BCUT2D eigenvalue weighted by atomic mass is 9.90. The maximum Gasteiger partial charge on any atom is 0.225 e. The van der Waals surface area contributed by atoms with Gasteiger partial charge in [0.15, 0.2) is 0 Å². The largest absolute Gasteiger partial charge is 0.494 e. The molecule has 0 fully saturated rings. The van der Waals surface area contributed by atoms with E-state index in [1.807, 2.05) is 32.9 Å². The van der Waals surface area contributed by atoms with Crippen molar-refractivity contribution in [1.82, 2.24) is 0 Å². The number of methoxy groups -OCH3 is 2. The van der Waals surface area contributed by atoms with E-state index in [4.69, 9.17) is 9.47 Å². The summed E-state index contributed by atoms with van der Waals surface area (Å²) in [5.41, 5.74) is 4.44. The van der Waals surface area contributed by atoms with Crippen molar-refractivity contribution in [3.05, 3.63) is 35.6 Å². The van der Waals surface area contributed by atoms with Gasteiger partial charge < -0.3 is 19.7 Å². The number of carbonyl (C=O) groups is 1. The number of amides is 1. The van der Waals surface area contributed by atoms with Gasteiger partial charge in [0, 0.05) is 37.0 Å². The van der Waals surface area contributed by atoms with Gasteiger partial charge in [0.05, 0.1) is 14.2 Å². The molecule has 2 aliphatic rings. The second-order valence-corrected chi connectivity index (χ2v) is 8.73. The quantitative estimate of drug-likeness (QED) is 0.750. The van der Waals surface area contributed by atoms with E-state index in [0.717, 1.165) is 25.1 Å². The molecule has 28 heavy (non-hydrogen) atoms. The summed E-state index contributed by atoms with van der Waals surface area (Å²) in [4.78, 5) is 14.7. The van der Waals surface area contributed by atoms with Crippen LogP contribution in [0.5, 0.6) is 11.5 Å². The zero-order valence-corrected chi connectivity index (χ0v) is 17.7. The maximum absolute atomic E-state index is 12.5. The van der Waals surface area contributed by atoms with Crippen molar-refractivity contribution in [2.45, 2.75) is 52.9 Å². The van der Waals surface area contributed by atoms with Gasteiger partial charge in [0.1, 0.15) is 17.2 Å². The van der Waals surface area contributed by atoms with Crippen LogP contribution in [-0.4, -0.2) is 26.7 Å². The van der Waals surface area contributed by atoms with Crippen LogP contribution in [-0.2, 0) is 4.79 Å². The minimum Gasteiger partial charge on any atom is -0.494 e.